The number of hydrogen-bond acceptors (Lipinski definition) is 5. The Morgan fingerprint density at radius 1 is 0.933 bits per heavy atom. The van der Waals surface area contributed by atoms with Crippen molar-refractivity contribution in [2.75, 3.05) is 13.2 Å². The summed E-state index contributed by atoms with van der Waals surface area (Å²) >= 11 is 0. The van der Waals surface area contributed by atoms with Crippen LogP contribution in [-0.4, -0.2) is 50.7 Å². The second-order valence-electron chi connectivity index (χ2n) is 7.73. The summed E-state index contributed by atoms with van der Waals surface area (Å²) in [5.74, 6) is -16.8. The molecule has 0 N–H and O–H groups in total. The SMILES string of the molecule is CC1(C)COC2(CC=C(OS(=O)(=O)C(F)(F)C(F)(F)C(F)(F)C(F)(F)F)CC2)OC1. The van der Waals surface area contributed by atoms with Crippen LogP contribution in [0.15, 0.2) is 11.8 Å². The first kappa shape index (κ1) is 25.0. The van der Waals surface area contributed by atoms with Crippen molar-refractivity contribution in [2.24, 2.45) is 5.41 Å². The van der Waals surface area contributed by atoms with E-state index in [1.54, 1.807) is 0 Å². The van der Waals surface area contributed by atoms with Gasteiger partial charge in [-0.25, -0.2) is 0 Å². The van der Waals surface area contributed by atoms with Gasteiger partial charge in [0.2, 0.25) is 0 Å². The standard InChI is InChI=1S/C15H17F9O5S/c1-10(2)7-27-11(28-8-10)5-3-9(4-6-11)29-30(25,26)15(23,24)13(18,19)12(16,17)14(20,21)22/h3H,4-8H2,1-2H3. The molecule has 0 aromatic heterocycles. The van der Waals surface area contributed by atoms with E-state index in [1.807, 2.05) is 13.8 Å². The van der Waals surface area contributed by atoms with Crippen molar-refractivity contribution in [2.45, 2.75) is 62.2 Å². The first-order valence-electron chi connectivity index (χ1n) is 8.31. The second kappa shape index (κ2) is 7.15. The van der Waals surface area contributed by atoms with Crippen molar-refractivity contribution < 1.29 is 61.6 Å². The lowest BCUT2D eigenvalue weighted by atomic mass is 9.91. The lowest BCUT2D eigenvalue weighted by Gasteiger charge is -2.44. The Balaban J connectivity index is 2.20. The van der Waals surface area contributed by atoms with Gasteiger partial charge >= 0.3 is 33.4 Å². The van der Waals surface area contributed by atoms with E-state index >= 15 is 0 Å². The smallest absolute Gasteiger partial charge is 0.383 e. The van der Waals surface area contributed by atoms with Crippen LogP contribution in [0.25, 0.3) is 0 Å². The van der Waals surface area contributed by atoms with Gasteiger partial charge in [-0.3, -0.25) is 0 Å². The van der Waals surface area contributed by atoms with Gasteiger partial charge < -0.3 is 13.7 Å². The van der Waals surface area contributed by atoms with Crippen LogP contribution in [0.2, 0.25) is 0 Å². The van der Waals surface area contributed by atoms with E-state index in [4.69, 9.17) is 9.47 Å². The van der Waals surface area contributed by atoms with E-state index in [9.17, 15) is 47.9 Å². The molecule has 30 heavy (non-hydrogen) atoms. The normalized spacial score (nSPS) is 23.2. The number of rotatable bonds is 5. The molecule has 2 aliphatic rings. The lowest BCUT2D eigenvalue weighted by molar-refractivity contribution is -0.382. The molecular weight excluding hydrogens is 463 g/mol. The number of halogens is 9. The Kier molecular flexibility index (Phi) is 5.97. The molecule has 1 heterocycles. The van der Waals surface area contributed by atoms with Gasteiger partial charge in [-0.2, -0.15) is 47.9 Å². The minimum absolute atomic E-state index is 0.162. The summed E-state index contributed by atoms with van der Waals surface area (Å²) in [5, 5.41) is -6.89. The predicted molar refractivity (Wildman–Crippen MR) is 81.3 cm³/mol. The molecule has 2 rings (SSSR count). The zero-order valence-electron chi connectivity index (χ0n) is 15.5. The minimum Gasteiger partial charge on any atom is -0.383 e. The van der Waals surface area contributed by atoms with Crippen molar-refractivity contribution in [3.05, 3.63) is 11.8 Å². The maximum Gasteiger partial charge on any atom is 0.460 e. The lowest BCUT2D eigenvalue weighted by Crippen LogP contribution is -2.63. The predicted octanol–water partition coefficient (Wildman–Crippen LogP) is 4.60. The van der Waals surface area contributed by atoms with Crippen LogP contribution in [0.5, 0.6) is 0 Å². The third-order valence-electron chi connectivity index (χ3n) is 4.49. The molecule has 176 valence electrons. The molecule has 0 atom stereocenters. The molecule has 15 heteroatoms. The summed E-state index contributed by atoms with van der Waals surface area (Å²) in [6, 6.07) is 0. The molecule has 0 bridgehead atoms. The summed E-state index contributed by atoms with van der Waals surface area (Å²) in [4.78, 5) is 0. The van der Waals surface area contributed by atoms with Crippen LogP contribution in [0, 0.1) is 5.41 Å². The van der Waals surface area contributed by atoms with Crippen molar-refractivity contribution in [1.82, 2.24) is 0 Å². The first-order chi connectivity index (χ1) is 13.2. The van der Waals surface area contributed by atoms with E-state index in [0.717, 1.165) is 6.08 Å². The summed E-state index contributed by atoms with van der Waals surface area (Å²) in [5.41, 5.74) is -0.341. The fourth-order valence-corrected chi connectivity index (χ4v) is 3.55. The fraction of sp³-hybridized carbons (Fsp3) is 0.867. The molecule has 1 aliphatic carbocycles. The molecule has 0 amide bonds. The third-order valence-corrected chi connectivity index (χ3v) is 5.81. The van der Waals surface area contributed by atoms with Gasteiger partial charge in [-0.15, -0.1) is 0 Å². The van der Waals surface area contributed by atoms with Crippen molar-refractivity contribution in [3.63, 3.8) is 0 Å². The van der Waals surface area contributed by atoms with Crippen LogP contribution >= 0.6 is 0 Å². The Labute approximate surface area is 165 Å². The van der Waals surface area contributed by atoms with E-state index in [-0.39, 0.29) is 31.5 Å². The van der Waals surface area contributed by atoms with E-state index in [1.165, 1.54) is 0 Å². The maximum absolute atomic E-state index is 13.7. The van der Waals surface area contributed by atoms with Crippen LogP contribution in [0.1, 0.15) is 33.1 Å². The highest BCUT2D eigenvalue weighted by atomic mass is 32.2. The summed E-state index contributed by atoms with van der Waals surface area (Å²) in [6.07, 6.45) is -7.22. The molecule has 1 spiro atoms. The highest BCUT2D eigenvalue weighted by Gasteiger charge is 2.86. The average Bonchev–Trinajstić information content (AvgIpc) is 2.58. The van der Waals surface area contributed by atoms with Gasteiger partial charge in [0.25, 0.3) is 0 Å². The largest absolute Gasteiger partial charge is 0.460 e. The monoisotopic (exact) mass is 480 g/mol. The fourth-order valence-electron chi connectivity index (χ4n) is 2.57. The summed E-state index contributed by atoms with van der Waals surface area (Å²) < 4.78 is 154. The Hall–Kier alpha value is -1.22. The summed E-state index contributed by atoms with van der Waals surface area (Å²) in [7, 11) is -6.93. The van der Waals surface area contributed by atoms with Gasteiger partial charge in [-0.1, -0.05) is 13.8 Å². The van der Waals surface area contributed by atoms with E-state index in [0.29, 0.717) is 0 Å². The number of alkyl halides is 9. The second-order valence-corrected chi connectivity index (χ2v) is 9.32. The molecule has 1 aliphatic heterocycles. The van der Waals surface area contributed by atoms with Gasteiger partial charge in [-0.05, 0) is 6.08 Å². The zero-order chi connectivity index (χ0) is 23.4. The van der Waals surface area contributed by atoms with Crippen molar-refractivity contribution >= 4 is 10.1 Å². The molecule has 0 aromatic rings. The van der Waals surface area contributed by atoms with Gasteiger partial charge in [0, 0.05) is 24.7 Å². The van der Waals surface area contributed by atoms with Gasteiger partial charge in [0.1, 0.15) is 5.76 Å². The van der Waals surface area contributed by atoms with Crippen molar-refractivity contribution in [3.8, 4) is 0 Å². The van der Waals surface area contributed by atoms with Crippen molar-refractivity contribution in [1.29, 1.82) is 0 Å². The Morgan fingerprint density at radius 3 is 1.83 bits per heavy atom. The molecule has 0 radical (unpaired) electrons. The van der Waals surface area contributed by atoms with E-state index in [2.05, 4.69) is 4.18 Å². The highest BCUT2D eigenvalue weighted by Crippen LogP contribution is 2.55. The van der Waals surface area contributed by atoms with Gasteiger partial charge in [0.05, 0.1) is 13.2 Å². The molecular formula is C15H17F9O5S. The molecule has 0 unspecified atom stereocenters. The van der Waals surface area contributed by atoms with Crippen LogP contribution < -0.4 is 0 Å². The highest BCUT2D eigenvalue weighted by molar-refractivity contribution is 7.88. The minimum atomic E-state index is -7.35. The van der Waals surface area contributed by atoms with Gasteiger partial charge in [0.15, 0.2) is 5.79 Å². The third kappa shape index (κ3) is 4.11. The number of hydrogen-bond donors (Lipinski definition) is 0. The van der Waals surface area contributed by atoms with E-state index < -0.39 is 51.4 Å². The first-order valence-corrected chi connectivity index (χ1v) is 9.72. The Bertz CT molecular complexity index is 792. The average molecular weight is 480 g/mol. The summed E-state index contributed by atoms with van der Waals surface area (Å²) in [6.45, 7) is 4.09. The number of ether oxygens (including phenoxy) is 2. The number of allylic oxidation sites excluding steroid dienone is 1. The molecule has 1 fully saturated rings. The van der Waals surface area contributed by atoms with Crippen LogP contribution in [-0.2, 0) is 23.8 Å². The van der Waals surface area contributed by atoms with Crippen LogP contribution in [0.3, 0.4) is 0 Å². The quantitative estimate of drug-likeness (QED) is 0.426. The topological polar surface area (TPSA) is 61.8 Å². The van der Waals surface area contributed by atoms with Crippen LogP contribution in [0.4, 0.5) is 39.5 Å². The molecule has 5 nitrogen and oxygen atoms in total. The molecule has 1 saturated heterocycles. The molecule has 0 saturated carbocycles. The molecule has 0 aromatic carbocycles. The zero-order valence-corrected chi connectivity index (χ0v) is 16.3. The maximum atomic E-state index is 13.7. The Morgan fingerprint density at radius 2 is 1.43 bits per heavy atom.